The Labute approximate surface area is 115 Å². The molecule has 1 aromatic carbocycles. The van der Waals surface area contributed by atoms with E-state index in [1.165, 1.54) is 6.07 Å². The van der Waals surface area contributed by atoms with Crippen LogP contribution in [-0.4, -0.2) is 18.8 Å². The third kappa shape index (κ3) is 4.56. The van der Waals surface area contributed by atoms with Crippen molar-refractivity contribution in [3.05, 3.63) is 35.1 Å². The molecule has 0 aliphatic carbocycles. The summed E-state index contributed by atoms with van der Waals surface area (Å²) >= 11 is 0. The van der Waals surface area contributed by atoms with Crippen molar-refractivity contribution < 1.29 is 9.13 Å². The number of hydrogen-bond donors (Lipinski definition) is 2. The van der Waals surface area contributed by atoms with Gasteiger partial charge in [0.1, 0.15) is 5.82 Å². The summed E-state index contributed by atoms with van der Waals surface area (Å²) in [5.74, 6) is 5.78. The average Bonchev–Trinajstić information content (AvgIpc) is 2.37. The van der Waals surface area contributed by atoms with Crippen molar-refractivity contribution in [3.8, 4) is 0 Å². The van der Waals surface area contributed by atoms with E-state index in [-0.39, 0.29) is 18.0 Å². The van der Waals surface area contributed by atoms with Crippen LogP contribution in [0.15, 0.2) is 18.2 Å². The van der Waals surface area contributed by atoms with Crippen LogP contribution in [0.2, 0.25) is 0 Å². The molecule has 0 saturated heterocycles. The van der Waals surface area contributed by atoms with Gasteiger partial charge in [-0.15, -0.1) is 0 Å². The first-order chi connectivity index (χ1) is 8.99. The Morgan fingerprint density at radius 1 is 1.37 bits per heavy atom. The van der Waals surface area contributed by atoms with Gasteiger partial charge in [0.2, 0.25) is 0 Å². The zero-order valence-corrected chi connectivity index (χ0v) is 12.2. The highest BCUT2D eigenvalue weighted by Crippen LogP contribution is 2.18. The number of halogens is 1. The summed E-state index contributed by atoms with van der Waals surface area (Å²) in [6.45, 7) is 8.79. The van der Waals surface area contributed by atoms with Crippen molar-refractivity contribution in [1.82, 2.24) is 5.43 Å². The summed E-state index contributed by atoms with van der Waals surface area (Å²) in [5, 5.41) is 0. The third-order valence-electron chi connectivity index (χ3n) is 3.38. The van der Waals surface area contributed by atoms with Gasteiger partial charge in [-0.25, -0.2) is 4.39 Å². The Morgan fingerprint density at radius 2 is 2.05 bits per heavy atom. The summed E-state index contributed by atoms with van der Waals surface area (Å²) in [7, 11) is 0. The SMILES string of the molecule is CCOC(C(C)C)C(Cc1cc(F)ccc1C)NN. The average molecular weight is 268 g/mol. The predicted octanol–water partition coefficient (Wildman–Crippen LogP) is 2.57. The summed E-state index contributed by atoms with van der Waals surface area (Å²) in [6, 6.07) is 4.82. The van der Waals surface area contributed by atoms with Crippen molar-refractivity contribution >= 4 is 0 Å². The van der Waals surface area contributed by atoms with Crippen molar-refractivity contribution in [2.24, 2.45) is 11.8 Å². The van der Waals surface area contributed by atoms with Gasteiger partial charge >= 0.3 is 0 Å². The molecule has 3 N–H and O–H groups in total. The smallest absolute Gasteiger partial charge is 0.123 e. The molecule has 0 aliphatic heterocycles. The zero-order chi connectivity index (χ0) is 14.4. The lowest BCUT2D eigenvalue weighted by atomic mass is 9.92. The highest BCUT2D eigenvalue weighted by molar-refractivity contribution is 5.27. The summed E-state index contributed by atoms with van der Waals surface area (Å²) in [5.41, 5.74) is 4.85. The van der Waals surface area contributed by atoms with E-state index >= 15 is 0 Å². The van der Waals surface area contributed by atoms with E-state index in [2.05, 4.69) is 19.3 Å². The third-order valence-corrected chi connectivity index (χ3v) is 3.38. The Balaban J connectivity index is 2.88. The van der Waals surface area contributed by atoms with Crippen LogP contribution in [0.3, 0.4) is 0 Å². The lowest BCUT2D eigenvalue weighted by molar-refractivity contribution is 0.00351. The fraction of sp³-hybridized carbons (Fsp3) is 0.600. The van der Waals surface area contributed by atoms with Gasteiger partial charge in [0.25, 0.3) is 0 Å². The highest BCUT2D eigenvalue weighted by atomic mass is 19.1. The first kappa shape index (κ1) is 16.1. The van der Waals surface area contributed by atoms with Crippen LogP contribution in [-0.2, 0) is 11.2 Å². The Hall–Kier alpha value is -0.970. The maximum absolute atomic E-state index is 13.3. The highest BCUT2D eigenvalue weighted by Gasteiger charge is 2.24. The van der Waals surface area contributed by atoms with Gasteiger partial charge in [-0.3, -0.25) is 11.3 Å². The van der Waals surface area contributed by atoms with Gasteiger partial charge in [-0.2, -0.15) is 0 Å². The standard InChI is InChI=1S/C15H25FN2O/c1-5-19-15(10(2)3)14(18-17)9-12-8-13(16)7-6-11(12)4/h6-8,10,14-15,18H,5,9,17H2,1-4H3. The van der Waals surface area contributed by atoms with Crippen LogP contribution < -0.4 is 11.3 Å². The molecule has 3 nitrogen and oxygen atoms in total. The molecule has 19 heavy (non-hydrogen) atoms. The second-order valence-corrected chi connectivity index (χ2v) is 5.21. The predicted molar refractivity (Wildman–Crippen MR) is 76.2 cm³/mol. The lowest BCUT2D eigenvalue weighted by Crippen LogP contribution is -2.49. The van der Waals surface area contributed by atoms with Gasteiger partial charge in [0.15, 0.2) is 0 Å². The topological polar surface area (TPSA) is 47.3 Å². The van der Waals surface area contributed by atoms with Gasteiger partial charge in [0.05, 0.1) is 12.1 Å². The van der Waals surface area contributed by atoms with Crippen molar-refractivity contribution in [2.45, 2.75) is 46.3 Å². The molecular formula is C15H25FN2O. The van der Waals surface area contributed by atoms with Crippen LogP contribution in [0.4, 0.5) is 4.39 Å². The van der Waals surface area contributed by atoms with Crippen LogP contribution >= 0.6 is 0 Å². The minimum atomic E-state index is -0.214. The maximum atomic E-state index is 13.3. The monoisotopic (exact) mass is 268 g/mol. The minimum Gasteiger partial charge on any atom is -0.377 e. The second kappa shape index (κ2) is 7.58. The van der Waals surface area contributed by atoms with Crippen molar-refractivity contribution in [1.29, 1.82) is 0 Å². The number of hydrogen-bond acceptors (Lipinski definition) is 3. The normalized spacial score (nSPS) is 14.7. The molecule has 2 atom stereocenters. The van der Waals surface area contributed by atoms with Crippen molar-refractivity contribution in [3.63, 3.8) is 0 Å². The largest absolute Gasteiger partial charge is 0.377 e. The zero-order valence-electron chi connectivity index (χ0n) is 12.2. The summed E-state index contributed by atoms with van der Waals surface area (Å²) in [6.07, 6.45) is 0.667. The number of ether oxygens (including phenoxy) is 1. The molecule has 1 rings (SSSR count). The fourth-order valence-corrected chi connectivity index (χ4v) is 2.33. The molecule has 0 aliphatic rings. The van der Waals surface area contributed by atoms with Crippen LogP contribution in [0.1, 0.15) is 31.9 Å². The van der Waals surface area contributed by atoms with Crippen LogP contribution in [0, 0.1) is 18.7 Å². The Morgan fingerprint density at radius 3 is 2.58 bits per heavy atom. The van der Waals surface area contributed by atoms with E-state index in [4.69, 9.17) is 10.6 Å². The Bertz CT molecular complexity index is 396. The van der Waals surface area contributed by atoms with Gasteiger partial charge in [-0.1, -0.05) is 19.9 Å². The lowest BCUT2D eigenvalue weighted by Gasteiger charge is -2.30. The van der Waals surface area contributed by atoms with E-state index in [0.717, 1.165) is 11.1 Å². The van der Waals surface area contributed by atoms with Crippen LogP contribution in [0.25, 0.3) is 0 Å². The quantitative estimate of drug-likeness (QED) is 0.590. The number of nitrogens with one attached hydrogen (secondary N) is 1. The minimum absolute atomic E-state index is 0.0117. The summed E-state index contributed by atoms with van der Waals surface area (Å²) in [4.78, 5) is 0. The maximum Gasteiger partial charge on any atom is 0.123 e. The molecule has 1 aromatic rings. The molecule has 0 amide bonds. The number of aryl methyl sites for hydroxylation is 1. The number of benzene rings is 1. The number of rotatable bonds is 7. The second-order valence-electron chi connectivity index (χ2n) is 5.21. The van der Waals surface area contributed by atoms with E-state index in [1.807, 2.05) is 13.8 Å². The fourth-order valence-electron chi connectivity index (χ4n) is 2.33. The molecule has 0 aromatic heterocycles. The van der Waals surface area contributed by atoms with E-state index < -0.39 is 0 Å². The Kier molecular flexibility index (Phi) is 6.42. The van der Waals surface area contributed by atoms with E-state index in [9.17, 15) is 4.39 Å². The van der Waals surface area contributed by atoms with Crippen molar-refractivity contribution in [2.75, 3.05) is 6.61 Å². The number of hydrazine groups is 1. The molecule has 0 saturated carbocycles. The van der Waals surface area contributed by atoms with E-state index in [1.54, 1.807) is 12.1 Å². The van der Waals surface area contributed by atoms with Gasteiger partial charge in [0, 0.05) is 6.61 Å². The number of nitrogens with two attached hydrogens (primary N) is 1. The molecule has 0 spiro atoms. The van der Waals surface area contributed by atoms with Gasteiger partial charge in [-0.05, 0) is 49.4 Å². The first-order valence-electron chi connectivity index (χ1n) is 6.82. The molecule has 2 unspecified atom stereocenters. The molecule has 0 radical (unpaired) electrons. The molecule has 0 fully saturated rings. The summed E-state index contributed by atoms with van der Waals surface area (Å²) < 4.78 is 19.1. The molecular weight excluding hydrogens is 243 g/mol. The molecule has 108 valence electrons. The van der Waals surface area contributed by atoms with E-state index in [0.29, 0.717) is 18.9 Å². The molecule has 0 bridgehead atoms. The molecule has 0 heterocycles. The van der Waals surface area contributed by atoms with Crippen LogP contribution in [0.5, 0.6) is 0 Å². The van der Waals surface area contributed by atoms with Gasteiger partial charge < -0.3 is 4.74 Å². The first-order valence-corrected chi connectivity index (χ1v) is 6.82. The molecule has 4 heteroatoms.